The maximum Gasteiger partial charge on any atom is 0.312 e. The number of para-hydroxylation sites is 1. The summed E-state index contributed by atoms with van der Waals surface area (Å²) in [4.78, 5) is 9.88. The fourth-order valence-corrected chi connectivity index (χ4v) is 3.92. The molecule has 1 heterocycles. The second-order valence-electron chi connectivity index (χ2n) is 5.35. The largest absolute Gasteiger partial charge is 0.393 e. The zero-order valence-corrected chi connectivity index (χ0v) is 12.3. The van der Waals surface area contributed by atoms with Gasteiger partial charge in [0.2, 0.25) is 10.0 Å². The SMILES string of the molecule is CC1(O)CCN(S(=O)(=O)c2cccc(N)c2[N+](=O)[O-])CC1. The summed E-state index contributed by atoms with van der Waals surface area (Å²) in [6.45, 7) is 1.86. The molecule has 0 atom stereocenters. The molecule has 1 fully saturated rings. The van der Waals surface area contributed by atoms with E-state index in [2.05, 4.69) is 0 Å². The van der Waals surface area contributed by atoms with Crippen LogP contribution in [0.3, 0.4) is 0 Å². The fraction of sp³-hybridized carbons (Fsp3) is 0.500. The molecule has 3 N–H and O–H groups in total. The van der Waals surface area contributed by atoms with Crippen molar-refractivity contribution in [2.45, 2.75) is 30.3 Å². The number of anilines is 1. The first-order valence-corrected chi connectivity index (χ1v) is 7.84. The number of nitrogen functional groups attached to an aromatic ring is 1. The van der Waals surface area contributed by atoms with E-state index in [1.54, 1.807) is 6.92 Å². The van der Waals surface area contributed by atoms with Crippen molar-refractivity contribution >= 4 is 21.4 Å². The highest BCUT2D eigenvalue weighted by molar-refractivity contribution is 7.89. The third kappa shape index (κ3) is 2.99. The van der Waals surface area contributed by atoms with Crippen molar-refractivity contribution in [3.05, 3.63) is 28.3 Å². The van der Waals surface area contributed by atoms with Crippen LogP contribution in [0.5, 0.6) is 0 Å². The standard InChI is InChI=1S/C12H17N3O5S/c1-12(16)5-7-14(8-6-12)21(19,20)10-4-2-3-9(13)11(10)15(17)18/h2-4,16H,5-8,13H2,1H3. The first-order chi connectivity index (χ1) is 9.65. The van der Waals surface area contributed by atoms with Gasteiger partial charge in [0, 0.05) is 13.1 Å². The van der Waals surface area contributed by atoms with E-state index >= 15 is 0 Å². The predicted octanol–water partition coefficient (Wildman–Crippen LogP) is 0.713. The second kappa shape index (κ2) is 5.24. The average molecular weight is 315 g/mol. The van der Waals surface area contributed by atoms with Crippen LogP contribution in [0.4, 0.5) is 11.4 Å². The van der Waals surface area contributed by atoms with E-state index in [0.717, 1.165) is 4.31 Å². The molecule has 1 aromatic rings. The van der Waals surface area contributed by atoms with Gasteiger partial charge in [-0.05, 0) is 31.9 Å². The smallest absolute Gasteiger partial charge is 0.312 e. The lowest BCUT2D eigenvalue weighted by Gasteiger charge is -2.34. The van der Waals surface area contributed by atoms with E-state index in [1.807, 2.05) is 0 Å². The molecule has 116 valence electrons. The Morgan fingerprint density at radius 2 is 1.95 bits per heavy atom. The lowest BCUT2D eigenvalue weighted by atomic mass is 9.95. The summed E-state index contributed by atoms with van der Waals surface area (Å²) in [6, 6.07) is 3.84. The minimum Gasteiger partial charge on any atom is -0.393 e. The molecule has 2 rings (SSSR count). The zero-order valence-electron chi connectivity index (χ0n) is 11.5. The third-order valence-corrected chi connectivity index (χ3v) is 5.56. The number of hydrogen-bond donors (Lipinski definition) is 2. The highest BCUT2D eigenvalue weighted by atomic mass is 32.2. The Kier molecular flexibility index (Phi) is 3.91. The maximum absolute atomic E-state index is 12.6. The molecule has 0 bridgehead atoms. The summed E-state index contributed by atoms with van der Waals surface area (Å²) < 4.78 is 26.3. The Hall–Kier alpha value is -1.71. The van der Waals surface area contributed by atoms with E-state index in [-0.39, 0.29) is 31.6 Å². The summed E-state index contributed by atoms with van der Waals surface area (Å²) in [5, 5.41) is 20.9. The molecule has 8 nitrogen and oxygen atoms in total. The number of nitro groups is 1. The van der Waals surface area contributed by atoms with E-state index < -0.39 is 31.1 Å². The molecule has 1 aliphatic heterocycles. The Labute approximate surface area is 122 Å². The lowest BCUT2D eigenvalue weighted by Crippen LogP contribution is -2.45. The number of sulfonamides is 1. The molecule has 0 spiro atoms. The van der Waals surface area contributed by atoms with Crippen LogP contribution < -0.4 is 5.73 Å². The number of hydrogen-bond acceptors (Lipinski definition) is 6. The quantitative estimate of drug-likeness (QED) is 0.480. The molecule has 0 unspecified atom stereocenters. The van der Waals surface area contributed by atoms with Gasteiger partial charge in [0.25, 0.3) is 0 Å². The lowest BCUT2D eigenvalue weighted by molar-refractivity contribution is -0.386. The van der Waals surface area contributed by atoms with Crippen molar-refractivity contribution in [2.75, 3.05) is 18.8 Å². The van der Waals surface area contributed by atoms with Crippen LogP contribution in [0.1, 0.15) is 19.8 Å². The number of nitrogens with two attached hydrogens (primary N) is 1. The molecule has 1 aliphatic rings. The van der Waals surface area contributed by atoms with Crippen molar-refractivity contribution < 1.29 is 18.4 Å². The minimum atomic E-state index is -4.01. The van der Waals surface area contributed by atoms with Gasteiger partial charge in [0.1, 0.15) is 5.69 Å². The Bertz CT molecular complexity index is 661. The van der Waals surface area contributed by atoms with Crippen molar-refractivity contribution in [1.82, 2.24) is 4.31 Å². The monoisotopic (exact) mass is 315 g/mol. The van der Waals surface area contributed by atoms with Gasteiger partial charge in [-0.15, -0.1) is 0 Å². The number of nitro benzene ring substituents is 1. The van der Waals surface area contributed by atoms with Gasteiger partial charge < -0.3 is 10.8 Å². The van der Waals surface area contributed by atoms with Gasteiger partial charge in [-0.2, -0.15) is 4.31 Å². The van der Waals surface area contributed by atoms with Crippen molar-refractivity contribution in [3.8, 4) is 0 Å². The molecule has 1 saturated heterocycles. The maximum atomic E-state index is 12.6. The highest BCUT2D eigenvalue weighted by Gasteiger charge is 2.37. The van der Waals surface area contributed by atoms with Gasteiger partial charge in [-0.3, -0.25) is 10.1 Å². The number of rotatable bonds is 3. The molecular formula is C12H17N3O5S. The van der Waals surface area contributed by atoms with Crippen LogP contribution in [0, 0.1) is 10.1 Å². The van der Waals surface area contributed by atoms with Crippen molar-refractivity contribution in [1.29, 1.82) is 0 Å². The number of nitrogens with zero attached hydrogens (tertiary/aromatic N) is 2. The van der Waals surface area contributed by atoms with Crippen LogP contribution in [0.15, 0.2) is 23.1 Å². The summed E-state index contributed by atoms with van der Waals surface area (Å²) >= 11 is 0. The molecule has 0 aliphatic carbocycles. The van der Waals surface area contributed by atoms with E-state index in [9.17, 15) is 23.6 Å². The van der Waals surface area contributed by atoms with E-state index in [4.69, 9.17) is 5.73 Å². The molecule has 0 amide bonds. The highest BCUT2D eigenvalue weighted by Crippen LogP contribution is 2.33. The first-order valence-electron chi connectivity index (χ1n) is 6.40. The van der Waals surface area contributed by atoms with Gasteiger partial charge in [-0.25, -0.2) is 8.42 Å². The van der Waals surface area contributed by atoms with E-state index in [0.29, 0.717) is 0 Å². The van der Waals surface area contributed by atoms with Gasteiger partial charge >= 0.3 is 5.69 Å². The molecule has 0 saturated carbocycles. The molecule has 1 aromatic carbocycles. The molecular weight excluding hydrogens is 298 g/mol. The topological polar surface area (TPSA) is 127 Å². The summed E-state index contributed by atoms with van der Waals surface area (Å²) in [7, 11) is -4.01. The summed E-state index contributed by atoms with van der Waals surface area (Å²) in [5.41, 5.74) is 3.83. The van der Waals surface area contributed by atoms with E-state index in [1.165, 1.54) is 18.2 Å². The van der Waals surface area contributed by atoms with Crippen LogP contribution in [-0.4, -0.2) is 41.4 Å². The number of piperidine rings is 1. The van der Waals surface area contributed by atoms with Crippen LogP contribution in [0.25, 0.3) is 0 Å². The third-order valence-electron chi connectivity index (χ3n) is 3.63. The molecule has 9 heteroatoms. The number of benzene rings is 1. The fourth-order valence-electron chi connectivity index (χ4n) is 2.29. The Morgan fingerprint density at radius 3 is 2.48 bits per heavy atom. The minimum absolute atomic E-state index is 0.112. The predicted molar refractivity (Wildman–Crippen MR) is 76.1 cm³/mol. The molecule has 0 aromatic heterocycles. The molecule has 21 heavy (non-hydrogen) atoms. The van der Waals surface area contributed by atoms with Crippen molar-refractivity contribution in [2.24, 2.45) is 0 Å². The van der Waals surface area contributed by atoms with Gasteiger partial charge in [0.15, 0.2) is 4.90 Å². The zero-order chi connectivity index (χ0) is 15.8. The summed E-state index contributed by atoms with van der Waals surface area (Å²) in [6.07, 6.45) is 0.560. The van der Waals surface area contributed by atoms with Crippen molar-refractivity contribution in [3.63, 3.8) is 0 Å². The average Bonchev–Trinajstić information content (AvgIpc) is 2.37. The number of aliphatic hydroxyl groups is 1. The molecule has 0 radical (unpaired) electrons. The van der Waals surface area contributed by atoms with Crippen LogP contribution >= 0.6 is 0 Å². The Morgan fingerprint density at radius 1 is 1.38 bits per heavy atom. The summed E-state index contributed by atoms with van der Waals surface area (Å²) in [5.74, 6) is 0. The van der Waals surface area contributed by atoms with Crippen LogP contribution in [0.2, 0.25) is 0 Å². The normalized spacial score (nSPS) is 19.3. The van der Waals surface area contributed by atoms with Crippen LogP contribution in [-0.2, 0) is 10.0 Å². The van der Waals surface area contributed by atoms with Gasteiger partial charge in [-0.1, -0.05) is 6.07 Å². The first kappa shape index (κ1) is 15.7. The second-order valence-corrected chi connectivity index (χ2v) is 7.26. The Balaban J connectivity index is 2.42. The van der Waals surface area contributed by atoms with Gasteiger partial charge in [0.05, 0.1) is 10.5 Å².